The Kier molecular flexibility index (Phi) is 7.93. The molecule has 1 heterocycles. The van der Waals surface area contributed by atoms with Crippen LogP contribution in [0.1, 0.15) is 37.8 Å². The molecule has 2 aromatic rings. The predicted octanol–water partition coefficient (Wildman–Crippen LogP) is 3.00. The second-order valence-electron chi connectivity index (χ2n) is 6.87. The maximum absolute atomic E-state index is 11.8. The Balaban J connectivity index is 1.81. The fraction of sp³-hybridized carbons (Fsp3) is 0.429. The first-order chi connectivity index (χ1) is 12.6. The number of aliphatic imine (C=N–C) groups is 1. The van der Waals surface area contributed by atoms with Gasteiger partial charge in [-0.25, -0.2) is 0 Å². The Morgan fingerprint density at radius 3 is 2.46 bits per heavy atom. The van der Waals surface area contributed by atoms with Crippen LogP contribution in [0.4, 0.5) is 0 Å². The van der Waals surface area contributed by atoms with Crippen LogP contribution in [0.2, 0.25) is 0 Å². The Bertz CT molecular complexity index is 747. The largest absolute Gasteiger partial charge is 0.356 e. The molecule has 0 amide bonds. The van der Waals surface area contributed by atoms with Crippen molar-refractivity contribution in [3.8, 4) is 0 Å². The molecule has 0 aliphatic rings. The van der Waals surface area contributed by atoms with E-state index in [1.165, 1.54) is 12.0 Å². The molecule has 5 nitrogen and oxygen atoms in total. The fourth-order valence-corrected chi connectivity index (χ4v) is 2.67. The first kappa shape index (κ1) is 19.8. The van der Waals surface area contributed by atoms with Gasteiger partial charge in [-0.15, -0.1) is 0 Å². The number of rotatable bonds is 8. The highest BCUT2D eigenvalue weighted by Gasteiger charge is 2.01. The minimum Gasteiger partial charge on any atom is -0.356 e. The van der Waals surface area contributed by atoms with Gasteiger partial charge in [0.1, 0.15) is 0 Å². The third kappa shape index (κ3) is 6.75. The molecule has 0 saturated heterocycles. The number of nitrogens with zero attached hydrogens (tertiary/aromatic N) is 2. The summed E-state index contributed by atoms with van der Waals surface area (Å²) in [6, 6.07) is 13.5. The molecule has 140 valence electrons. The van der Waals surface area contributed by atoms with Crippen molar-refractivity contribution in [3.63, 3.8) is 0 Å². The quantitative estimate of drug-likeness (QED) is 0.435. The highest BCUT2D eigenvalue weighted by molar-refractivity contribution is 5.79. The molecular formula is C21H30N4O. The van der Waals surface area contributed by atoms with Crippen LogP contribution in [0.25, 0.3) is 0 Å². The highest BCUT2D eigenvalue weighted by Crippen LogP contribution is 2.06. The van der Waals surface area contributed by atoms with Gasteiger partial charge >= 0.3 is 0 Å². The standard InChI is InChI=1S/C21H30N4O/c1-17(2)7-6-13-23-21(22-3)24-15-18-9-11-19(12-10-18)16-25-14-5-4-8-20(25)26/h4-5,8-12,14,17H,6-7,13,15-16H2,1-3H3,(H2,22,23,24). The van der Waals surface area contributed by atoms with Crippen molar-refractivity contribution < 1.29 is 0 Å². The van der Waals surface area contributed by atoms with Crippen LogP contribution in [-0.2, 0) is 13.1 Å². The minimum atomic E-state index is 0.0191. The lowest BCUT2D eigenvalue weighted by atomic mass is 10.1. The van der Waals surface area contributed by atoms with Crippen molar-refractivity contribution >= 4 is 5.96 Å². The van der Waals surface area contributed by atoms with E-state index in [1.807, 2.05) is 12.3 Å². The number of nitrogens with one attached hydrogen (secondary N) is 2. The molecule has 2 rings (SSSR count). The maximum atomic E-state index is 11.8. The van der Waals surface area contributed by atoms with Crippen LogP contribution in [0, 0.1) is 5.92 Å². The first-order valence-corrected chi connectivity index (χ1v) is 9.26. The van der Waals surface area contributed by atoms with Crippen LogP contribution in [0.5, 0.6) is 0 Å². The number of guanidine groups is 1. The maximum Gasteiger partial charge on any atom is 0.250 e. The first-order valence-electron chi connectivity index (χ1n) is 9.26. The van der Waals surface area contributed by atoms with E-state index in [1.54, 1.807) is 23.7 Å². The van der Waals surface area contributed by atoms with E-state index in [2.05, 4.69) is 53.7 Å². The van der Waals surface area contributed by atoms with E-state index in [9.17, 15) is 4.79 Å². The van der Waals surface area contributed by atoms with Crippen molar-refractivity contribution in [2.45, 2.75) is 39.8 Å². The zero-order valence-corrected chi connectivity index (χ0v) is 16.0. The number of hydrogen-bond acceptors (Lipinski definition) is 2. The third-order valence-electron chi connectivity index (χ3n) is 4.21. The summed E-state index contributed by atoms with van der Waals surface area (Å²) >= 11 is 0. The van der Waals surface area contributed by atoms with Crippen LogP contribution in [0.15, 0.2) is 58.4 Å². The van der Waals surface area contributed by atoms with Crippen molar-refractivity contribution in [1.29, 1.82) is 0 Å². The smallest absolute Gasteiger partial charge is 0.250 e. The SMILES string of the molecule is CN=C(NCCCC(C)C)NCc1ccc(Cn2ccccc2=O)cc1. The molecule has 1 aromatic heterocycles. The zero-order chi connectivity index (χ0) is 18.8. The van der Waals surface area contributed by atoms with E-state index in [4.69, 9.17) is 0 Å². The number of benzene rings is 1. The van der Waals surface area contributed by atoms with Crippen molar-refractivity contribution in [2.75, 3.05) is 13.6 Å². The third-order valence-corrected chi connectivity index (χ3v) is 4.21. The number of aromatic nitrogens is 1. The van der Waals surface area contributed by atoms with Gasteiger partial charge in [-0.3, -0.25) is 9.79 Å². The highest BCUT2D eigenvalue weighted by atomic mass is 16.1. The summed E-state index contributed by atoms with van der Waals surface area (Å²) in [5, 5.41) is 6.68. The molecule has 0 atom stereocenters. The summed E-state index contributed by atoms with van der Waals surface area (Å²) < 4.78 is 1.70. The Labute approximate surface area is 156 Å². The number of pyridine rings is 1. The average Bonchev–Trinajstić information content (AvgIpc) is 2.64. The summed E-state index contributed by atoms with van der Waals surface area (Å²) in [5.41, 5.74) is 2.31. The average molecular weight is 354 g/mol. The molecule has 0 bridgehead atoms. The summed E-state index contributed by atoms with van der Waals surface area (Å²) in [7, 11) is 1.79. The topological polar surface area (TPSA) is 58.4 Å². The van der Waals surface area contributed by atoms with Crippen molar-refractivity contribution in [2.24, 2.45) is 10.9 Å². The lowest BCUT2D eigenvalue weighted by Gasteiger charge is -2.13. The molecular weight excluding hydrogens is 324 g/mol. The Morgan fingerprint density at radius 1 is 1.08 bits per heavy atom. The van der Waals surface area contributed by atoms with Gasteiger partial charge in [-0.2, -0.15) is 0 Å². The van der Waals surface area contributed by atoms with Crippen molar-refractivity contribution in [3.05, 3.63) is 70.1 Å². The lowest BCUT2D eigenvalue weighted by Crippen LogP contribution is -2.37. The zero-order valence-electron chi connectivity index (χ0n) is 16.0. The van der Waals surface area contributed by atoms with Gasteiger partial charge in [0.25, 0.3) is 5.56 Å². The van der Waals surface area contributed by atoms with Gasteiger partial charge in [-0.05, 0) is 36.0 Å². The molecule has 0 fully saturated rings. The molecule has 2 N–H and O–H groups in total. The van der Waals surface area contributed by atoms with E-state index in [-0.39, 0.29) is 5.56 Å². The van der Waals surface area contributed by atoms with Gasteiger partial charge in [0, 0.05) is 32.4 Å². The van der Waals surface area contributed by atoms with Gasteiger partial charge in [-0.1, -0.05) is 44.2 Å². The summed E-state index contributed by atoms with van der Waals surface area (Å²) in [5.74, 6) is 1.56. The van der Waals surface area contributed by atoms with Crippen LogP contribution in [0.3, 0.4) is 0 Å². The van der Waals surface area contributed by atoms with Crippen LogP contribution < -0.4 is 16.2 Å². The summed E-state index contributed by atoms with van der Waals surface area (Å²) in [6.07, 6.45) is 4.18. The Morgan fingerprint density at radius 2 is 1.81 bits per heavy atom. The normalized spacial score (nSPS) is 11.6. The van der Waals surface area contributed by atoms with E-state index in [0.717, 1.165) is 37.0 Å². The monoisotopic (exact) mass is 354 g/mol. The van der Waals surface area contributed by atoms with Gasteiger partial charge in [0.15, 0.2) is 5.96 Å². The van der Waals surface area contributed by atoms with Gasteiger partial charge < -0.3 is 15.2 Å². The second-order valence-corrected chi connectivity index (χ2v) is 6.87. The number of hydrogen-bond donors (Lipinski definition) is 2. The van der Waals surface area contributed by atoms with Crippen LogP contribution in [-0.4, -0.2) is 24.1 Å². The molecule has 5 heteroatoms. The molecule has 1 aromatic carbocycles. The van der Waals surface area contributed by atoms with Crippen molar-refractivity contribution in [1.82, 2.24) is 15.2 Å². The van der Waals surface area contributed by atoms with E-state index in [0.29, 0.717) is 6.54 Å². The van der Waals surface area contributed by atoms with Gasteiger partial charge in [0.05, 0.1) is 6.54 Å². The van der Waals surface area contributed by atoms with E-state index < -0.39 is 0 Å². The Hall–Kier alpha value is -2.56. The minimum absolute atomic E-state index is 0.0191. The molecule has 0 radical (unpaired) electrons. The summed E-state index contributed by atoms with van der Waals surface area (Å²) in [4.78, 5) is 16.0. The molecule has 0 aliphatic carbocycles. The molecule has 0 saturated carbocycles. The molecule has 0 aliphatic heterocycles. The molecule has 0 unspecified atom stereocenters. The van der Waals surface area contributed by atoms with Gasteiger partial charge in [0.2, 0.25) is 0 Å². The molecule has 0 spiro atoms. The molecule has 26 heavy (non-hydrogen) atoms. The summed E-state index contributed by atoms with van der Waals surface area (Å²) in [6.45, 7) is 6.72. The van der Waals surface area contributed by atoms with Crippen LogP contribution >= 0.6 is 0 Å². The predicted molar refractivity (Wildman–Crippen MR) is 109 cm³/mol. The second kappa shape index (κ2) is 10.4. The fourth-order valence-electron chi connectivity index (χ4n) is 2.67. The lowest BCUT2D eigenvalue weighted by molar-refractivity contribution is 0.549. The van der Waals surface area contributed by atoms with E-state index >= 15 is 0 Å².